The average Bonchev–Trinajstić information content (AvgIpc) is 3.37. The lowest BCUT2D eigenvalue weighted by Gasteiger charge is -2.37. The number of benzene rings is 2. The highest BCUT2D eigenvalue weighted by Gasteiger charge is 2.32. The van der Waals surface area contributed by atoms with E-state index in [2.05, 4.69) is 4.98 Å². The molecule has 3 amide bonds. The van der Waals surface area contributed by atoms with Crippen molar-refractivity contribution in [2.75, 3.05) is 31.1 Å². The quantitative estimate of drug-likeness (QED) is 0.275. The van der Waals surface area contributed by atoms with Crippen molar-refractivity contribution < 1.29 is 14.3 Å². The second-order valence-corrected chi connectivity index (χ2v) is 10.4. The maximum atomic E-state index is 13.7. The van der Waals surface area contributed by atoms with E-state index in [4.69, 9.17) is 16.3 Å². The Morgan fingerprint density at radius 2 is 1.63 bits per heavy atom. The highest BCUT2D eigenvalue weighted by Crippen LogP contribution is 2.40. The Hall–Kier alpha value is -3.59. The summed E-state index contributed by atoms with van der Waals surface area (Å²) in [5, 5.41) is 0.530. The Morgan fingerprint density at radius 1 is 0.868 bits per heavy atom. The number of halogens is 2. The van der Waals surface area contributed by atoms with Gasteiger partial charge in [0, 0.05) is 43.0 Å². The molecule has 1 fully saturated rings. The predicted octanol–water partition coefficient (Wildman–Crippen LogP) is 6.58. The molecule has 0 atom stereocenters. The van der Waals surface area contributed by atoms with E-state index in [9.17, 15) is 9.59 Å². The molecular formula is C28H24Cl2N4O3S. The molecule has 4 heterocycles. The van der Waals surface area contributed by atoms with Gasteiger partial charge in [-0.1, -0.05) is 35.9 Å². The number of piperazine rings is 1. The normalized spacial score (nSPS) is 14.5. The van der Waals surface area contributed by atoms with Gasteiger partial charge in [-0.05, 0) is 48.5 Å². The maximum Gasteiger partial charge on any atom is 0.325 e. The molecule has 0 N–H and O–H groups in total. The van der Waals surface area contributed by atoms with E-state index in [1.54, 1.807) is 34.2 Å². The van der Waals surface area contributed by atoms with Gasteiger partial charge in [0.2, 0.25) is 0 Å². The molecule has 2 aliphatic heterocycles. The zero-order valence-electron chi connectivity index (χ0n) is 20.2. The maximum absolute atomic E-state index is 13.7. The minimum absolute atomic E-state index is 0. The summed E-state index contributed by atoms with van der Waals surface area (Å²) >= 11 is 7.73. The summed E-state index contributed by atoms with van der Waals surface area (Å²) in [6, 6.07) is 22.4. The first-order chi connectivity index (χ1) is 18.1. The minimum atomic E-state index is -0.135. The Bertz CT molecular complexity index is 1470. The smallest absolute Gasteiger partial charge is 0.325 e. The number of nitrogens with zero attached hydrogens (tertiary/aromatic N) is 4. The molecule has 10 heteroatoms. The van der Waals surface area contributed by atoms with Crippen LogP contribution in [-0.2, 0) is 6.54 Å². The zero-order chi connectivity index (χ0) is 25.4. The molecule has 4 aromatic rings. The lowest BCUT2D eigenvalue weighted by Crippen LogP contribution is -2.54. The van der Waals surface area contributed by atoms with E-state index in [-0.39, 0.29) is 24.3 Å². The monoisotopic (exact) mass is 566 g/mol. The van der Waals surface area contributed by atoms with Gasteiger partial charge in [0.15, 0.2) is 5.75 Å². The minimum Gasteiger partial charge on any atom is -0.455 e. The molecule has 0 radical (unpaired) electrons. The van der Waals surface area contributed by atoms with E-state index in [1.807, 2.05) is 59.5 Å². The number of rotatable bonds is 2. The number of hydrogen-bond acceptors (Lipinski definition) is 5. The van der Waals surface area contributed by atoms with Crippen LogP contribution in [0.2, 0.25) is 5.02 Å². The van der Waals surface area contributed by atoms with Gasteiger partial charge in [0.25, 0.3) is 5.91 Å². The number of anilines is 1. The SMILES string of the molecule is Cl.O=C(c1ccc(-c2ccccn2)s1)N1CCN(C(=O)N2Cc3ccccc3Oc3ccc(Cl)cc32)CC1. The van der Waals surface area contributed by atoms with Crippen molar-refractivity contribution in [2.24, 2.45) is 0 Å². The molecule has 0 aliphatic carbocycles. The standard InChI is InChI=1S/C28H23ClN4O3S.ClH/c29-20-8-9-24-22(17-20)33(18-19-5-1-2-7-23(19)36-24)28(35)32-15-13-31(14-16-32)27(34)26-11-10-25(37-26)21-6-3-4-12-30-21;/h1-12,17H,13-16,18H2;1H. The summed E-state index contributed by atoms with van der Waals surface area (Å²) in [6.45, 7) is 2.18. The summed E-state index contributed by atoms with van der Waals surface area (Å²) in [5.41, 5.74) is 2.40. The van der Waals surface area contributed by atoms with Crippen LogP contribution < -0.4 is 9.64 Å². The fourth-order valence-corrected chi connectivity index (χ4v) is 5.71. The number of ether oxygens (including phenoxy) is 1. The molecule has 2 aliphatic rings. The second kappa shape index (κ2) is 11.0. The van der Waals surface area contributed by atoms with Crippen molar-refractivity contribution in [2.45, 2.75) is 6.54 Å². The van der Waals surface area contributed by atoms with Crippen LogP contribution >= 0.6 is 35.3 Å². The molecule has 0 bridgehead atoms. The third kappa shape index (κ3) is 5.07. The van der Waals surface area contributed by atoms with E-state index in [1.165, 1.54) is 11.3 Å². The summed E-state index contributed by atoms with van der Waals surface area (Å²) in [7, 11) is 0. The number of thiophene rings is 1. The molecule has 38 heavy (non-hydrogen) atoms. The number of carbonyl (C=O) groups excluding carboxylic acids is 2. The molecule has 7 nitrogen and oxygen atoms in total. The highest BCUT2D eigenvalue weighted by atomic mass is 35.5. The van der Waals surface area contributed by atoms with Crippen LogP contribution in [0.25, 0.3) is 10.6 Å². The number of aromatic nitrogens is 1. The largest absolute Gasteiger partial charge is 0.455 e. The molecule has 2 aromatic heterocycles. The first-order valence-corrected chi connectivity index (χ1v) is 13.2. The first kappa shape index (κ1) is 26.0. The zero-order valence-corrected chi connectivity index (χ0v) is 22.6. The summed E-state index contributed by atoms with van der Waals surface area (Å²) in [5.74, 6) is 1.28. The van der Waals surface area contributed by atoms with Gasteiger partial charge >= 0.3 is 6.03 Å². The van der Waals surface area contributed by atoms with Crippen molar-refractivity contribution in [1.29, 1.82) is 0 Å². The van der Waals surface area contributed by atoms with Gasteiger partial charge in [0.05, 0.1) is 27.7 Å². The molecular weight excluding hydrogens is 543 g/mol. The number of hydrogen-bond donors (Lipinski definition) is 0. The Labute approximate surface area is 235 Å². The Balaban J connectivity index is 0.00000294. The molecule has 0 spiro atoms. The van der Waals surface area contributed by atoms with Gasteiger partial charge in [0.1, 0.15) is 5.75 Å². The number of para-hydroxylation sites is 1. The van der Waals surface area contributed by atoms with Crippen LogP contribution in [0.3, 0.4) is 0 Å². The van der Waals surface area contributed by atoms with Gasteiger partial charge in [-0.25, -0.2) is 4.79 Å². The van der Waals surface area contributed by atoms with Crippen LogP contribution in [0.4, 0.5) is 10.5 Å². The fourth-order valence-electron chi connectivity index (χ4n) is 4.59. The molecule has 194 valence electrons. The van der Waals surface area contributed by atoms with Gasteiger partial charge < -0.3 is 14.5 Å². The van der Waals surface area contributed by atoms with Gasteiger partial charge in [-0.3, -0.25) is 14.7 Å². The predicted molar refractivity (Wildman–Crippen MR) is 152 cm³/mol. The van der Waals surface area contributed by atoms with Crippen LogP contribution in [0.1, 0.15) is 15.2 Å². The summed E-state index contributed by atoms with van der Waals surface area (Å²) < 4.78 is 6.13. The summed E-state index contributed by atoms with van der Waals surface area (Å²) in [6.07, 6.45) is 1.74. The van der Waals surface area contributed by atoms with E-state index < -0.39 is 0 Å². The van der Waals surface area contributed by atoms with E-state index >= 15 is 0 Å². The number of urea groups is 1. The van der Waals surface area contributed by atoms with Crippen LogP contribution in [0.5, 0.6) is 11.5 Å². The molecule has 1 saturated heterocycles. The van der Waals surface area contributed by atoms with Crippen molar-refractivity contribution in [1.82, 2.24) is 14.8 Å². The number of amides is 3. The lowest BCUT2D eigenvalue weighted by atomic mass is 10.2. The van der Waals surface area contributed by atoms with E-state index in [0.29, 0.717) is 54.1 Å². The van der Waals surface area contributed by atoms with Crippen molar-refractivity contribution in [3.05, 3.63) is 94.5 Å². The van der Waals surface area contributed by atoms with Gasteiger partial charge in [-0.15, -0.1) is 23.7 Å². The number of fused-ring (bicyclic) bond motifs is 2. The highest BCUT2D eigenvalue weighted by molar-refractivity contribution is 7.17. The Kier molecular flexibility index (Phi) is 7.56. The van der Waals surface area contributed by atoms with Crippen LogP contribution in [0, 0.1) is 0 Å². The molecule has 2 aromatic carbocycles. The molecule has 0 unspecified atom stereocenters. The third-order valence-corrected chi connectivity index (χ3v) is 7.87. The molecule has 6 rings (SSSR count). The second-order valence-electron chi connectivity index (χ2n) is 8.85. The Morgan fingerprint density at radius 3 is 2.42 bits per heavy atom. The van der Waals surface area contributed by atoms with Crippen molar-refractivity contribution in [3.8, 4) is 22.1 Å². The molecule has 0 saturated carbocycles. The number of pyridine rings is 1. The van der Waals surface area contributed by atoms with Crippen molar-refractivity contribution in [3.63, 3.8) is 0 Å². The van der Waals surface area contributed by atoms with Crippen molar-refractivity contribution >= 4 is 53.0 Å². The fraction of sp³-hybridized carbons (Fsp3) is 0.179. The van der Waals surface area contributed by atoms with Gasteiger partial charge in [-0.2, -0.15) is 0 Å². The first-order valence-electron chi connectivity index (χ1n) is 12.0. The third-order valence-electron chi connectivity index (χ3n) is 6.54. The van der Waals surface area contributed by atoms with Crippen LogP contribution in [-0.4, -0.2) is 52.9 Å². The van der Waals surface area contributed by atoms with E-state index in [0.717, 1.165) is 21.9 Å². The van der Waals surface area contributed by atoms with Crippen LogP contribution in [0.15, 0.2) is 79.0 Å². The summed E-state index contributed by atoms with van der Waals surface area (Å²) in [4.78, 5) is 38.2. The number of carbonyl (C=O) groups is 2. The average molecular weight is 567 g/mol. The lowest BCUT2D eigenvalue weighted by molar-refractivity contribution is 0.0673. The topological polar surface area (TPSA) is 66.0 Å².